The van der Waals surface area contributed by atoms with Crippen LogP contribution in [0.1, 0.15) is 25.0 Å². The van der Waals surface area contributed by atoms with Crippen molar-refractivity contribution in [2.24, 2.45) is 7.05 Å². The fourth-order valence-electron chi connectivity index (χ4n) is 4.16. The monoisotopic (exact) mass is 329 g/mol. The smallest absolute Gasteiger partial charge is 0.0633 e. The van der Waals surface area contributed by atoms with E-state index < -0.39 is 0 Å². The Bertz CT molecular complexity index is 1120. The molecular weight excluding hydrogens is 310 g/mol. The lowest BCUT2D eigenvalue weighted by atomic mass is 9.77. The number of hydrogen-bond acceptors (Lipinski definition) is 1. The molecule has 1 nitrogen and oxygen atoms in total. The number of para-hydroxylation sites is 1. The molecule has 0 fully saturated rings. The zero-order valence-corrected chi connectivity index (χ0v) is 14.9. The molecule has 1 aromatic heterocycles. The number of rotatable bonds is 0. The topological polar surface area (TPSA) is 4.93 Å². The van der Waals surface area contributed by atoms with Gasteiger partial charge in [-0.2, -0.15) is 0 Å². The first kappa shape index (κ1) is 14.2. The molecule has 0 N–H and O–H groups in total. The molecule has 0 atom stereocenters. The Hall–Kier alpha value is -2.19. The van der Waals surface area contributed by atoms with E-state index in [1.807, 2.05) is 11.8 Å². The summed E-state index contributed by atoms with van der Waals surface area (Å²) < 4.78 is 2.36. The highest BCUT2D eigenvalue weighted by molar-refractivity contribution is 7.99. The Balaban J connectivity index is 1.93. The average Bonchev–Trinajstić information content (AvgIpc) is 2.89. The number of hydrogen-bond donors (Lipinski definition) is 0. The molecule has 0 saturated heterocycles. The van der Waals surface area contributed by atoms with E-state index in [1.165, 1.54) is 42.7 Å². The second-order valence-corrected chi connectivity index (χ2v) is 8.19. The van der Waals surface area contributed by atoms with Crippen LogP contribution in [-0.2, 0) is 12.5 Å². The molecule has 0 unspecified atom stereocenters. The van der Waals surface area contributed by atoms with E-state index in [1.54, 1.807) is 0 Å². The molecule has 0 amide bonds. The first-order valence-corrected chi connectivity index (χ1v) is 9.18. The van der Waals surface area contributed by atoms with Gasteiger partial charge in [0.2, 0.25) is 0 Å². The van der Waals surface area contributed by atoms with Crippen LogP contribution in [0.15, 0.2) is 70.5 Å². The fourth-order valence-corrected chi connectivity index (χ4v) is 5.73. The van der Waals surface area contributed by atoms with Crippen LogP contribution in [0.2, 0.25) is 0 Å². The van der Waals surface area contributed by atoms with Gasteiger partial charge < -0.3 is 4.57 Å². The number of aryl methyl sites for hydroxylation is 1. The molecule has 24 heavy (non-hydrogen) atoms. The number of nitrogens with zero attached hydrogens (tertiary/aromatic N) is 1. The first-order chi connectivity index (χ1) is 11.6. The summed E-state index contributed by atoms with van der Waals surface area (Å²) in [5.74, 6) is 0. The molecule has 1 aliphatic rings. The number of benzene rings is 3. The third kappa shape index (κ3) is 1.67. The van der Waals surface area contributed by atoms with E-state index >= 15 is 0 Å². The summed E-state index contributed by atoms with van der Waals surface area (Å²) >= 11 is 1.92. The highest BCUT2D eigenvalue weighted by Gasteiger charge is 2.34. The Morgan fingerprint density at radius 3 is 2.42 bits per heavy atom. The molecule has 0 spiro atoms. The molecule has 118 valence electrons. The van der Waals surface area contributed by atoms with Crippen molar-refractivity contribution in [1.29, 1.82) is 0 Å². The summed E-state index contributed by atoms with van der Waals surface area (Å²) in [6.45, 7) is 4.69. The zero-order chi connectivity index (χ0) is 16.5. The summed E-state index contributed by atoms with van der Waals surface area (Å²) in [6, 6.07) is 22.2. The van der Waals surface area contributed by atoms with Crippen molar-refractivity contribution in [3.63, 3.8) is 0 Å². The fraction of sp³-hybridized carbons (Fsp3) is 0.182. The molecule has 0 saturated carbocycles. The van der Waals surface area contributed by atoms with Gasteiger partial charge in [0, 0.05) is 38.5 Å². The molecular formula is C22H19NS. The molecule has 2 heterocycles. The Labute approximate surface area is 146 Å². The predicted molar refractivity (Wildman–Crippen MR) is 103 cm³/mol. The first-order valence-electron chi connectivity index (χ1n) is 8.37. The van der Waals surface area contributed by atoms with E-state index in [0.717, 1.165) is 0 Å². The van der Waals surface area contributed by atoms with Gasteiger partial charge in [0.25, 0.3) is 0 Å². The van der Waals surface area contributed by atoms with Gasteiger partial charge in [0.15, 0.2) is 0 Å². The Kier molecular flexibility index (Phi) is 2.76. The van der Waals surface area contributed by atoms with Crippen LogP contribution >= 0.6 is 11.8 Å². The third-order valence-corrected chi connectivity index (χ3v) is 6.66. The van der Waals surface area contributed by atoms with E-state index in [9.17, 15) is 0 Å². The lowest BCUT2D eigenvalue weighted by Gasteiger charge is -2.35. The Morgan fingerprint density at radius 1 is 0.792 bits per heavy atom. The molecule has 0 radical (unpaired) electrons. The molecule has 5 rings (SSSR count). The summed E-state index contributed by atoms with van der Waals surface area (Å²) in [7, 11) is 2.19. The second kappa shape index (κ2) is 4.67. The van der Waals surface area contributed by atoms with E-state index in [-0.39, 0.29) is 5.41 Å². The highest BCUT2D eigenvalue weighted by atomic mass is 32.2. The Morgan fingerprint density at radius 2 is 1.54 bits per heavy atom. The molecule has 0 aliphatic carbocycles. The quantitative estimate of drug-likeness (QED) is 0.376. The standard InChI is InChI=1S/C22H19NS/c1-22(2)16-9-5-7-11-19(16)24-21-17(22)13-12-15-14-8-4-6-10-18(14)23(3)20(15)21/h4-13H,1-3H3. The molecule has 3 aromatic carbocycles. The van der Waals surface area contributed by atoms with Crippen molar-refractivity contribution < 1.29 is 0 Å². The second-order valence-electron chi connectivity index (χ2n) is 7.14. The van der Waals surface area contributed by atoms with Gasteiger partial charge in [-0.15, -0.1) is 0 Å². The summed E-state index contributed by atoms with van der Waals surface area (Å²) in [5, 5.41) is 2.70. The molecule has 4 aromatic rings. The van der Waals surface area contributed by atoms with Crippen molar-refractivity contribution in [1.82, 2.24) is 4.57 Å². The zero-order valence-electron chi connectivity index (χ0n) is 14.1. The maximum Gasteiger partial charge on any atom is 0.0633 e. The minimum atomic E-state index is 0.0296. The van der Waals surface area contributed by atoms with E-state index in [0.29, 0.717) is 0 Å². The predicted octanol–water partition coefficient (Wildman–Crippen LogP) is 6.12. The lowest BCUT2D eigenvalue weighted by Crippen LogP contribution is -2.23. The van der Waals surface area contributed by atoms with Gasteiger partial charge in [-0.1, -0.05) is 74.1 Å². The van der Waals surface area contributed by atoms with Crippen molar-refractivity contribution >= 4 is 33.6 Å². The summed E-state index contributed by atoms with van der Waals surface area (Å²) in [6.07, 6.45) is 0. The van der Waals surface area contributed by atoms with Crippen molar-refractivity contribution in [2.45, 2.75) is 29.1 Å². The van der Waals surface area contributed by atoms with Crippen molar-refractivity contribution in [3.05, 3.63) is 71.8 Å². The van der Waals surface area contributed by atoms with Gasteiger partial charge in [-0.3, -0.25) is 0 Å². The van der Waals surface area contributed by atoms with Crippen LogP contribution in [0.4, 0.5) is 0 Å². The maximum absolute atomic E-state index is 2.36. The maximum atomic E-state index is 2.36. The lowest BCUT2D eigenvalue weighted by molar-refractivity contribution is 0.608. The van der Waals surface area contributed by atoms with Crippen molar-refractivity contribution in [2.75, 3.05) is 0 Å². The number of aromatic nitrogens is 1. The van der Waals surface area contributed by atoms with Gasteiger partial charge in [-0.05, 0) is 23.3 Å². The van der Waals surface area contributed by atoms with E-state index in [4.69, 9.17) is 0 Å². The largest absolute Gasteiger partial charge is 0.343 e. The van der Waals surface area contributed by atoms with Gasteiger partial charge in [0.1, 0.15) is 0 Å². The highest BCUT2D eigenvalue weighted by Crippen LogP contribution is 2.52. The summed E-state index contributed by atoms with van der Waals surface area (Å²) in [5.41, 5.74) is 5.56. The third-order valence-electron chi connectivity index (χ3n) is 5.47. The van der Waals surface area contributed by atoms with Crippen LogP contribution in [0, 0.1) is 0 Å². The van der Waals surface area contributed by atoms with Gasteiger partial charge in [0.05, 0.1) is 5.52 Å². The molecule has 1 aliphatic heterocycles. The molecule has 0 bridgehead atoms. The average molecular weight is 329 g/mol. The van der Waals surface area contributed by atoms with Gasteiger partial charge >= 0.3 is 0 Å². The van der Waals surface area contributed by atoms with Crippen LogP contribution in [0.25, 0.3) is 21.8 Å². The molecule has 2 heteroatoms. The summed E-state index contributed by atoms with van der Waals surface area (Å²) in [4.78, 5) is 2.79. The van der Waals surface area contributed by atoms with Crippen molar-refractivity contribution in [3.8, 4) is 0 Å². The van der Waals surface area contributed by atoms with Crippen LogP contribution < -0.4 is 0 Å². The van der Waals surface area contributed by atoms with Gasteiger partial charge in [-0.25, -0.2) is 0 Å². The SMILES string of the molecule is Cn1c2ccccc2c2ccc3c(c21)Sc1ccccc1C3(C)C. The van der Waals surface area contributed by atoms with Crippen LogP contribution in [0.3, 0.4) is 0 Å². The minimum Gasteiger partial charge on any atom is -0.343 e. The minimum absolute atomic E-state index is 0.0296. The van der Waals surface area contributed by atoms with Crippen LogP contribution in [0.5, 0.6) is 0 Å². The normalized spacial score (nSPS) is 15.5. The number of fused-ring (bicyclic) bond motifs is 6. The van der Waals surface area contributed by atoms with E-state index in [2.05, 4.69) is 86.1 Å². The van der Waals surface area contributed by atoms with Crippen LogP contribution in [-0.4, -0.2) is 4.57 Å².